The number of hydrogen-bond donors (Lipinski definition) is 2. The first-order valence-electron chi connectivity index (χ1n) is 7.57. The molecule has 0 spiro atoms. The minimum absolute atomic E-state index is 0.0691. The summed E-state index contributed by atoms with van der Waals surface area (Å²) in [5.74, 6) is 0.754. The summed E-state index contributed by atoms with van der Waals surface area (Å²) in [7, 11) is 0. The number of ether oxygens (including phenoxy) is 1. The number of thioether (sulfide) groups is 1. The monoisotopic (exact) mass is 330 g/mol. The third-order valence-corrected chi connectivity index (χ3v) is 4.10. The van der Waals surface area contributed by atoms with Crippen LogP contribution in [0.1, 0.15) is 13.8 Å². The summed E-state index contributed by atoms with van der Waals surface area (Å²) in [4.78, 5) is 13.4. The van der Waals surface area contributed by atoms with Gasteiger partial charge in [-0.25, -0.2) is 0 Å². The summed E-state index contributed by atoms with van der Waals surface area (Å²) in [5, 5.41) is 6.16. The van der Waals surface area contributed by atoms with Gasteiger partial charge in [0, 0.05) is 10.6 Å². The first-order valence-corrected chi connectivity index (χ1v) is 8.79. The minimum Gasteiger partial charge on any atom is -0.494 e. The van der Waals surface area contributed by atoms with Crippen LogP contribution in [0.4, 0.5) is 11.4 Å². The number of rotatable bonds is 7. The van der Waals surface area contributed by atoms with Gasteiger partial charge in [-0.3, -0.25) is 4.79 Å². The van der Waals surface area contributed by atoms with Gasteiger partial charge >= 0.3 is 0 Å². The molecule has 0 aliphatic rings. The number of benzene rings is 2. The fourth-order valence-corrected chi connectivity index (χ4v) is 2.67. The van der Waals surface area contributed by atoms with Crippen molar-refractivity contribution in [3.05, 3.63) is 48.5 Å². The third-order valence-electron chi connectivity index (χ3n) is 3.31. The van der Waals surface area contributed by atoms with Gasteiger partial charge in [0.15, 0.2) is 0 Å². The van der Waals surface area contributed by atoms with Gasteiger partial charge in [0.05, 0.1) is 12.3 Å². The molecule has 0 radical (unpaired) electrons. The lowest BCUT2D eigenvalue weighted by Crippen LogP contribution is -2.32. The molecule has 0 bridgehead atoms. The van der Waals surface area contributed by atoms with Crippen molar-refractivity contribution in [3.8, 4) is 5.75 Å². The van der Waals surface area contributed by atoms with Crippen LogP contribution in [0.2, 0.25) is 0 Å². The van der Waals surface area contributed by atoms with Crippen LogP contribution in [-0.2, 0) is 4.79 Å². The van der Waals surface area contributed by atoms with Crippen LogP contribution in [0.5, 0.6) is 5.75 Å². The smallest absolute Gasteiger partial charge is 0.246 e. The normalized spacial score (nSPS) is 11.6. The first-order chi connectivity index (χ1) is 11.1. The Balaban J connectivity index is 1.96. The van der Waals surface area contributed by atoms with Crippen LogP contribution in [0.15, 0.2) is 53.4 Å². The molecular weight excluding hydrogens is 308 g/mol. The van der Waals surface area contributed by atoms with Crippen molar-refractivity contribution in [1.29, 1.82) is 0 Å². The molecule has 0 saturated carbocycles. The van der Waals surface area contributed by atoms with Crippen molar-refractivity contribution in [2.75, 3.05) is 23.5 Å². The minimum atomic E-state index is -0.345. The van der Waals surface area contributed by atoms with E-state index in [-0.39, 0.29) is 11.9 Å². The van der Waals surface area contributed by atoms with Gasteiger partial charge in [0.25, 0.3) is 0 Å². The topological polar surface area (TPSA) is 50.4 Å². The number of amides is 1. The van der Waals surface area contributed by atoms with E-state index in [1.165, 1.54) is 0 Å². The van der Waals surface area contributed by atoms with Gasteiger partial charge in [0.2, 0.25) is 5.91 Å². The predicted octanol–water partition coefficient (Wildman–Crippen LogP) is 4.25. The molecule has 2 aromatic carbocycles. The molecule has 1 amide bonds. The van der Waals surface area contributed by atoms with E-state index in [0.717, 1.165) is 22.0 Å². The van der Waals surface area contributed by atoms with Crippen molar-refractivity contribution < 1.29 is 9.53 Å². The van der Waals surface area contributed by atoms with Crippen LogP contribution in [0.25, 0.3) is 0 Å². The van der Waals surface area contributed by atoms with Gasteiger partial charge in [-0.05, 0) is 56.5 Å². The zero-order valence-corrected chi connectivity index (χ0v) is 14.4. The summed E-state index contributed by atoms with van der Waals surface area (Å²) >= 11 is 1.61. The van der Waals surface area contributed by atoms with Crippen molar-refractivity contribution in [3.63, 3.8) is 0 Å². The van der Waals surface area contributed by atoms with E-state index in [4.69, 9.17) is 4.74 Å². The van der Waals surface area contributed by atoms with Crippen molar-refractivity contribution in [1.82, 2.24) is 0 Å². The number of para-hydroxylation sites is 1. The molecule has 5 heteroatoms. The number of carbonyl (C=O) groups excluding carboxylic acids is 1. The molecule has 4 nitrogen and oxygen atoms in total. The molecule has 1 atom stereocenters. The number of nitrogens with one attached hydrogen (secondary N) is 2. The quantitative estimate of drug-likeness (QED) is 0.745. The average Bonchev–Trinajstić information content (AvgIpc) is 2.57. The van der Waals surface area contributed by atoms with Gasteiger partial charge < -0.3 is 15.4 Å². The Hall–Kier alpha value is -2.14. The molecule has 2 aromatic rings. The predicted molar refractivity (Wildman–Crippen MR) is 97.5 cm³/mol. The second-order valence-corrected chi connectivity index (χ2v) is 5.86. The van der Waals surface area contributed by atoms with E-state index in [0.29, 0.717) is 6.61 Å². The molecular formula is C18H22N2O2S. The van der Waals surface area contributed by atoms with E-state index in [1.54, 1.807) is 11.8 Å². The lowest BCUT2D eigenvalue weighted by atomic mass is 10.2. The maximum atomic E-state index is 12.3. The molecule has 0 fully saturated rings. The molecule has 0 aliphatic heterocycles. The van der Waals surface area contributed by atoms with Gasteiger partial charge in [-0.2, -0.15) is 0 Å². The highest BCUT2D eigenvalue weighted by Crippen LogP contribution is 2.25. The Bertz CT molecular complexity index is 644. The number of anilines is 2. The first kappa shape index (κ1) is 17.2. The Labute approximate surface area is 141 Å². The van der Waals surface area contributed by atoms with Gasteiger partial charge in [-0.1, -0.05) is 12.1 Å². The number of hydrogen-bond acceptors (Lipinski definition) is 4. The summed E-state index contributed by atoms with van der Waals surface area (Å²) in [6.07, 6.45) is 1.99. The zero-order chi connectivity index (χ0) is 16.7. The molecule has 23 heavy (non-hydrogen) atoms. The average molecular weight is 330 g/mol. The second-order valence-electron chi connectivity index (χ2n) is 5.01. The van der Waals surface area contributed by atoms with Crippen LogP contribution in [0.3, 0.4) is 0 Å². The molecule has 2 rings (SSSR count). The highest BCUT2D eigenvalue weighted by Gasteiger charge is 2.14. The summed E-state index contributed by atoms with van der Waals surface area (Å²) < 4.78 is 5.41. The molecule has 2 N–H and O–H groups in total. The molecule has 122 valence electrons. The lowest BCUT2D eigenvalue weighted by Gasteiger charge is -2.17. The largest absolute Gasteiger partial charge is 0.494 e. The van der Waals surface area contributed by atoms with Gasteiger partial charge in [-0.15, -0.1) is 11.8 Å². The Kier molecular flexibility index (Phi) is 6.35. The van der Waals surface area contributed by atoms with Crippen LogP contribution < -0.4 is 15.4 Å². The van der Waals surface area contributed by atoms with E-state index < -0.39 is 0 Å². The highest BCUT2D eigenvalue weighted by molar-refractivity contribution is 7.98. The van der Waals surface area contributed by atoms with Crippen molar-refractivity contribution >= 4 is 29.0 Å². The SMILES string of the molecule is CCOc1ccc(N[C@H](C)C(=O)Nc2ccccc2SC)cc1. The zero-order valence-electron chi connectivity index (χ0n) is 13.6. The fraction of sp³-hybridized carbons (Fsp3) is 0.278. The maximum Gasteiger partial charge on any atom is 0.246 e. The van der Waals surface area contributed by atoms with E-state index in [9.17, 15) is 4.79 Å². The summed E-state index contributed by atoms with van der Waals surface area (Å²) in [5.41, 5.74) is 1.72. The van der Waals surface area contributed by atoms with E-state index in [2.05, 4.69) is 10.6 Å². The third kappa shape index (κ3) is 4.93. The van der Waals surface area contributed by atoms with Gasteiger partial charge in [0.1, 0.15) is 11.8 Å². The Morgan fingerprint density at radius 1 is 1.17 bits per heavy atom. The van der Waals surface area contributed by atoms with Crippen molar-refractivity contribution in [2.24, 2.45) is 0 Å². The lowest BCUT2D eigenvalue weighted by molar-refractivity contribution is -0.116. The van der Waals surface area contributed by atoms with E-state index in [1.807, 2.05) is 68.6 Å². The Morgan fingerprint density at radius 3 is 2.52 bits per heavy atom. The maximum absolute atomic E-state index is 12.3. The molecule has 0 saturated heterocycles. The van der Waals surface area contributed by atoms with Crippen LogP contribution in [-0.4, -0.2) is 24.8 Å². The van der Waals surface area contributed by atoms with Crippen molar-refractivity contribution in [2.45, 2.75) is 24.8 Å². The highest BCUT2D eigenvalue weighted by atomic mass is 32.2. The summed E-state index contributed by atoms with van der Waals surface area (Å²) in [6, 6.07) is 15.0. The second kappa shape index (κ2) is 8.48. The van der Waals surface area contributed by atoms with E-state index >= 15 is 0 Å². The van der Waals surface area contributed by atoms with Crippen LogP contribution in [0, 0.1) is 0 Å². The Morgan fingerprint density at radius 2 is 1.87 bits per heavy atom. The molecule has 0 unspecified atom stereocenters. The van der Waals surface area contributed by atoms with Crippen LogP contribution >= 0.6 is 11.8 Å². The fourth-order valence-electron chi connectivity index (χ4n) is 2.12. The molecule has 0 aromatic heterocycles. The molecule has 0 aliphatic carbocycles. The molecule has 0 heterocycles. The standard InChI is InChI=1S/C18H22N2O2S/c1-4-22-15-11-9-14(10-12-15)19-13(2)18(21)20-16-7-5-6-8-17(16)23-3/h5-13,19H,4H2,1-3H3,(H,20,21)/t13-/m1/s1. The number of carbonyl (C=O) groups is 1. The summed E-state index contributed by atoms with van der Waals surface area (Å²) in [6.45, 7) is 4.43.